The Kier molecular flexibility index (Phi) is 45.8. The van der Waals surface area contributed by atoms with E-state index >= 15 is 0 Å². The van der Waals surface area contributed by atoms with Crippen LogP contribution >= 0.6 is 165 Å². The van der Waals surface area contributed by atoms with Gasteiger partial charge >= 0.3 is 0 Å². The Hall–Kier alpha value is -13.7. The van der Waals surface area contributed by atoms with Gasteiger partial charge in [0.05, 0.1) is 47.3 Å². The van der Waals surface area contributed by atoms with Gasteiger partial charge in [-0.05, 0) is 372 Å². The van der Waals surface area contributed by atoms with E-state index in [4.69, 9.17) is 84.9 Å². The van der Waals surface area contributed by atoms with Crippen LogP contribution in [0.4, 0.5) is 0 Å². The number of nitrogens with one attached hydrogen (secondary N) is 4. The van der Waals surface area contributed by atoms with Crippen LogP contribution in [0.25, 0.3) is 36.5 Å². The number of phenols is 24. The van der Waals surface area contributed by atoms with Crippen molar-refractivity contribution in [1.82, 2.24) is 31.1 Å². The Morgan fingerprint density at radius 2 is 0.581 bits per heavy atom. The second-order valence-electron chi connectivity index (χ2n) is 32.8. The van der Waals surface area contributed by atoms with Gasteiger partial charge in [-0.2, -0.15) is 0 Å². The van der Waals surface area contributed by atoms with Crippen molar-refractivity contribution in [1.29, 1.82) is 0 Å². The summed E-state index contributed by atoms with van der Waals surface area (Å²) in [6, 6.07) is 36.8. The molecular weight excluding hydrogens is 2370 g/mol. The largest absolute Gasteiger partial charge is 0.508 e. The zero-order valence-electron chi connectivity index (χ0n) is 80.1. The van der Waals surface area contributed by atoms with Gasteiger partial charge in [0.15, 0.2) is 80.5 Å². The van der Waals surface area contributed by atoms with E-state index in [0.717, 1.165) is 11.1 Å². The third-order valence-corrected chi connectivity index (χ3v) is 27.6. The Bertz CT molecular complexity index is 6750. The Morgan fingerprint density at radius 3 is 0.919 bits per heavy atom. The molecular formula is C106H104Br5ClN6O24S6. The van der Waals surface area contributed by atoms with Crippen LogP contribution in [0.15, 0.2) is 204 Å². The van der Waals surface area contributed by atoms with Crippen molar-refractivity contribution in [3.05, 3.63) is 310 Å². The zero-order chi connectivity index (χ0) is 111. The van der Waals surface area contributed by atoms with Gasteiger partial charge in [0.1, 0.15) is 67.5 Å². The lowest BCUT2D eigenvalue weighted by atomic mass is 10.0. The molecule has 0 aliphatic carbocycles. The fourth-order valence-corrected chi connectivity index (χ4v) is 16.2. The monoisotopic (exact) mass is 2470 g/mol. The molecule has 2 unspecified atom stereocenters. The van der Waals surface area contributed by atoms with Gasteiger partial charge in [-0.15, -0.1) is 0 Å². The van der Waals surface area contributed by atoms with E-state index in [-0.39, 0.29) is 162 Å². The van der Waals surface area contributed by atoms with E-state index in [9.17, 15) is 123 Å². The lowest BCUT2D eigenvalue weighted by Gasteiger charge is -2.18. The smallest absolute Gasteiger partial charge is 0.177 e. The predicted molar refractivity (Wildman–Crippen MR) is 619 cm³/mol. The van der Waals surface area contributed by atoms with Crippen molar-refractivity contribution < 1.29 is 123 Å². The van der Waals surface area contributed by atoms with Gasteiger partial charge < -0.3 is 154 Å². The lowest BCUT2D eigenvalue weighted by Crippen LogP contribution is -2.23. The Labute approximate surface area is 931 Å². The highest BCUT2D eigenvalue weighted by Crippen LogP contribution is 2.44. The molecule has 12 aromatic carbocycles. The van der Waals surface area contributed by atoms with E-state index in [1.165, 1.54) is 36.4 Å². The number of hydrogen-bond donors (Lipinski definition) is 28. The molecule has 0 aromatic heterocycles. The number of halogens is 6. The summed E-state index contributed by atoms with van der Waals surface area (Å²) in [5, 5.41) is 244. The number of aryl methyl sites for hydroxylation is 1. The topological polar surface area (TPSA) is 540 Å². The van der Waals surface area contributed by atoms with Crippen molar-refractivity contribution in [3.8, 4) is 138 Å². The number of benzene rings is 12. The molecule has 12 rings (SSSR count). The van der Waals surface area contributed by atoms with E-state index in [1.807, 2.05) is 13.8 Å². The molecule has 0 saturated carbocycles. The molecule has 12 aromatic rings. The number of aromatic hydroxyl groups is 24. The van der Waals surface area contributed by atoms with Crippen LogP contribution in [0, 0.1) is 41.5 Å². The second kappa shape index (κ2) is 55.9. The summed E-state index contributed by atoms with van der Waals surface area (Å²) in [5.74, 6) is -2.94. The van der Waals surface area contributed by atoms with E-state index in [1.54, 1.807) is 248 Å². The molecule has 0 amide bonds. The van der Waals surface area contributed by atoms with Gasteiger partial charge in [0.25, 0.3) is 0 Å². The van der Waals surface area contributed by atoms with Crippen molar-refractivity contribution in [3.63, 3.8) is 0 Å². The van der Waals surface area contributed by atoms with Gasteiger partial charge in [-0.3, -0.25) is 0 Å². The summed E-state index contributed by atoms with van der Waals surface area (Å²) < 4.78 is 1.89. The number of thiocarbonyl (C=S) groups is 6. The average Bonchev–Trinajstić information content (AvgIpc) is 0.827. The number of nitrogens with zero attached hydrogens (tertiary/aromatic N) is 2. The van der Waals surface area contributed by atoms with Crippen LogP contribution in [0.1, 0.15) is 126 Å². The lowest BCUT2D eigenvalue weighted by molar-refractivity contribution is 0.396. The molecule has 2 atom stereocenters. The quantitative estimate of drug-likeness (QED) is 0.0152. The highest BCUT2D eigenvalue weighted by atomic mass is 79.9. The van der Waals surface area contributed by atoms with Crippen LogP contribution in [0.3, 0.4) is 0 Å². The van der Waals surface area contributed by atoms with Crippen LogP contribution < -0.4 is 21.3 Å². The maximum absolute atomic E-state index is 9.88. The first-order valence-corrected chi connectivity index (χ1v) is 50.3. The summed E-state index contributed by atoms with van der Waals surface area (Å²) in [6.07, 6.45) is 20.0. The highest BCUT2D eigenvalue weighted by molar-refractivity contribution is 9.11. The third-order valence-electron chi connectivity index (χ3n) is 21.7. The van der Waals surface area contributed by atoms with Gasteiger partial charge in [0.2, 0.25) is 0 Å². The summed E-state index contributed by atoms with van der Waals surface area (Å²) >= 11 is 53.4. The highest BCUT2D eigenvalue weighted by Gasteiger charge is 2.21. The van der Waals surface area contributed by atoms with Crippen molar-refractivity contribution in [2.45, 2.75) is 93.7 Å². The van der Waals surface area contributed by atoms with Gasteiger partial charge in [-0.25, -0.2) is 0 Å². The Balaban J connectivity index is 0.000000240. The minimum absolute atomic E-state index is 0.0135. The van der Waals surface area contributed by atoms with Crippen molar-refractivity contribution in [2.75, 3.05) is 14.1 Å². The molecule has 0 fully saturated rings. The summed E-state index contributed by atoms with van der Waals surface area (Å²) in [4.78, 5) is 6.32. The van der Waals surface area contributed by atoms with Crippen molar-refractivity contribution >= 4 is 231 Å². The molecule has 0 bridgehead atoms. The van der Waals surface area contributed by atoms with Crippen LogP contribution in [0.5, 0.6) is 138 Å². The van der Waals surface area contributed by atoms with E-state index in [2.05, 4.69) is 101 Å². The standard InChI is InChI=1S/4C18H18BrNO4S.C17H16BrNO4S.C17H16ClNO4S/c2*1-9-14(22)7-12(8-15(9)23)10(2)20-16(25)6-4-11-3-5-13(21)18(24)17(11)19;2*1-10-14(21)7-12(8-15(10)22)9-20(2)17(25)4-3-11-5-13(19)18(24)16(23)6-11;1-9-2-4-11(16(22)15(9)21)8-19-14(24)5-3-10-6-12(18)17(23)13(20)7-10;1-9-13(21)6-10(7-14(9)22)8-19-15(24)5-3-11-2-4-12(20)17(23)16(11)18/h2*3-8,10,21-24H,1-2H3,(H,20,25);2*3-8,21-24H,9H2,1-2H3;2*2-7,20-23H,8H2,1H3,(H,19,24)/b2*6-4+;2*4-3+;2*5-3+. The molecule has 0 aliphatic rings. The molecule has 30 nitrogen and oxygen atoms in total. The predicted octanol–water partition coefficient (Wildman–Crippen LogP) is 24.0. The number of likely N-dealkylation sites (N-methyl/N-ethyl adjacent to an activating group) is 2. The minimum Gasteiger partial charge on any atom is -0.508 e. The first-order chi connectivity index (χ1) is 69.4. The SMILES string of the molecule is Cc1c(O)cc(C(C)NC(=S)/C=C/c2ccc(O)c(O)c2Br)cc1O.Cc1c(O)cc(C(C)NC(=S)/C=C/c2ccc(O)c(O)c2Br)cc1O.Cc1c(O)cc(CN(C)C(=S)/C=C/c2cc(O)c(O)c(Br)c2)cc1O.Cc1c(O)cc(CN(C)C(=S)/C=C/c2cc(O)c(O)c(Br)c2)cc1O.Cc1c(O)cc(CNC(=S)/C=C/c2ccc(O)c(O)c2Cl)cc1O.Cc1ccc(CNC(=S)/C=C/c2cc(O)c(O)c(Br)c2)c(O)c1O. The van der Waals surface area contributed by atoms with Crippen LogP contribution in [-0.4, -0.2) is 176 Å². The molecule has 42 heteroatoms. The maximum Gasteiger partial charge on any atom is 0.177 e. The van der Waals surface area contributed by atoms with Gasteiger partial charge in [0, 0.05) is 85.7 Å². The summed E-state index contributed by atoms with van der Waals surface area (Å²) in [5.41, 5.74) is 10.6. The molecule has 0 spiro atoms. The fraction of sp³-hybridized carbons (Fsp3) is 0.151. The maximum atomic E-state index is 9.88. The summed E-state index contributed by atoms with van der Waals surface area (Å²) in [6.45, 7) is 15.0. The Morgan fingerprint density at radius 1 is 0.297 bits per heavy atom. The van der Waals surface area contributed by atoms with E-state index in [0.29, 0.717) is 161 Å². The summed E-state index contributed by atoms with van der Waals surface area (Å²) in [7, 11) is 3.59. The molecule has 0 aliphatic heterocycles. The van der Waals surface area contributed by atoms with Crippen LogP contribution in [0.2, 0.25) is 5.02 Å². The van der Waals surface area contributed by atoms with Crippen molar-refractivity contribution in [2.24, 2.45) is 0 Å². The molecule has 0 saturated heterocycles. The molecule has 0 radical (unpaired) electrons. The molecule has 780 valence electrons. The zero-order valence-corrected chi connectivity index (χ0v) is 93.7. The van der Waals surface area contributed by atoms with Crippen LogP contribution in [-0.2, 0) is 26.2 Å². The van der Waals surface area contributed by atoms with E-state index < -0.39 is 0 Å². The second-order valence-corrected chi connectivity index (χ2v) is 39.9. The number of hydrogen-bond acceptors (Lipinski definition) is 30. The van der Waals surface area contributed by atoms with Gasteiger partial charge in [-0.1, -0.05) is 133 Å². The molecule has 0 heterocycles. The number of phenolic OH excluding ortho intramolecular Hbond substituents is 24. The first-order valence-electron chi connectivity index (χ1n) is 43.5. The minimum atomic E-state index is -0.386. The molecule has 28 N–H and O–H groups in total. The first kappa shape index (κ1) is 121. The average molecular weight is 2470 g/mol. The normalized spacial score (nSPS) is 11.4. The number of rotatable bonds is 24. The molecule has 148 heavy (non-hydrogen) atoms. The third kappa shape index (κ3) is 35.3. The fourth-order valence-electron chi connectivity index (χ4n) is 12.6.